The van der Waals surface area contributed by atoms with Crippen molar-refractivity contribution in [2.75, 3.05) is 6.54 Å². The summed E-state index contributed by atoms with van der Waals surface area (Å²) in [5.41, 5.74) is 1.64. The second-order valence-electron chi connectivity index (χ2n) is 5.77. The molecule has 1 aromatic carbocycles. The highest BCUT2D eigenvalue weighted by Crippen LogP contribution is 2.33. The van der Waals surface area contributed by atoms with E-state index in [2.05, 4.69) is 25.2 Å². The minimum Gasteiger partial charge on any atom is -0.459 e. The number of hydrogen-bond donors (Lipinski definition) is 2. The third kappa shape index (κ3) is 2.28. The van der Waals surface area contributed by atoms with Crippen LogP contribution in [0.25, 0.3) is 11.0 Å². The van der Waals surface area contributed by atoms with Crippen LogP contribution in [0.2, 0.25) is 0 Å². The van der Waals surface area contributed by atoms with Gasteiger partial charge in [0.15, 0.2) is 0 Å². The SMILES string of the molecule is Cc1c(C(C)NCC2(O)CCC2)oc2ccccc12. The molecule has 3 nitrogen and oxygen atoms in total. The van der Waals surface area contributed by atoms with Gasteiger partial charge < -0.3 is 14.8 Å². The van der Waals surface area contributed by atoms with Crippen molar-refractivity contribution in [3.8, 4) is 0 Å². The van der Waals surface area contributed by atoms with Crippen LogP contribution in [0.15, 0.2) is 28.7 Å². The number of para-hydroxylation sites is 1. The summed E-state index contributed by atoms with van der Waals surface area (Å²) in [6, 6.07) is 8.23. The topological polar surface area (TPSA) is 45.4 Å². The Bertz CT molecular complexity index is 583. The number of rotatable bonds is 4. The first kappa shape index (κ1) is 12.7. The molecule has 102 valence electrons. The first-order valence-electron chi connectivity index (χ1n) is 7.03. The molecule has 1 saturated carbocycles. The molecule has 0 bridgehead atoms. The van der Waals surface area contributed by atoms with E-state index in [9.17, 15) is 5.11 Å². The van der Waals surface area contributed by atoms with E-state index in [4.69, 9.17) is 4.42 Å². The van der Waals surface area contributed by atoms with Crippen molar-refractivity contribution in [3.05, 3.63) is 35.6 Å². The van der Waals surface area contributed by atoms with Crippen LogP contribution in [0.3, 0.4) is 0 Å². The van der Waals surface area contributed by atoms with E-state index >= 15 is 0 Å². The highest BCUT2D eigenvalue weighted by Gasteiger charge is 2.34. The Balaban J connectivity index is 1.77. The lowest BCUT2D eigenvalue weighted by molar-refractivity contribution is -0.0332. The normalized spacial score (nSPS) is 19.3. The summed E-state index contributed by atoms with van der Waals surface area (Å²) in [4.78, 5) is 0. The molecule has 0 amide bonds. The quantitative estimate of drug-likeness (QED) is 0.885. The molecule has 1 atom stereocenters. The van der Waals surface area contributed by atoms with Gasteiger partial charge in [-0.2, -0.15) is 0 Å². The van der Waals surface area contributed by atoms with Gasteiger partial charge >= 0.3 is 0 Å². The molecule has 1 aromatic heterocycles. The first-order chi connectivity index (χ1) is 9.09. The number of nitrogens with one attached hydrogen (secondary N) is 1. The van der Waals surface area contributed by atoms with Crippen LogP contribution < -0.4 is 5.32 Å². The van der Waals surface area contributed by atoms with E-state index in [1.807, 2.05) is 18.2 Å². The average Bonchev–Trinajstić information content (AvgIpc) is 2.72. The van der Waals surface area contributed by atoms with E-state index in [1.165, 1.54) is 10.9 Å². The summed E-state index contributed by atoms with van der Waals surface area (Å²) in [5, 5.41) is 14.7. The minimum absolute atomic E-state index is 0.122. The van der Waals surface area contributed by atoms with E-state index in [0.29, 0.717) is 6.54 Å². The Morgan fingerprint density at radius 3 is 2.74 bits per heavy atom. The average molecular weight is 259 g/mol. The molecule has 0 saturated heterocycles. The van der Waals surface area contributed by atoms with Gasteiger partial charge in [-0.1, -0.05) is 18.2 Å². The molecule has 1 aliphatic rings. The van der Waals surface area contributed by atoms with Gasteiger partial charge in [-0.3, -0.25) is 0 Å². The Kier molecular flexibility index (Phi) is 3.11. The van der Waals surface area contributed by atoms with Crippen LogP contribution >= 0.6 is 0 Å². The van der Waals surface area contributed by atoms with Gasteiger partial charge in [0.2, 0.25) is 0 Å². The fourth-order valence-corrected chi connectivity index (χ4v) is 2.80. The van der Waals surface area contributed by atoms with E-state index in [-0.39, 0.29) is 6.04 Å². The summed E-state index contributed by atoms with van der Waals surface area (Å²) in [6.45, 7) is 4.83. The standard InChI is InChI=1S/C16H21NO2/c1-11-13-6-3-4-7-14(13)19-15(11)12(2)17-10-16(18)8-5-9-16/h3-4,6-7,12,17-18H,5,8-10H2,1-2H3. The lowest BCUT2D eigenvalue weighted by Crippen LogP contribution is -2.46. The maximum absolute atomic E-state index is 10.1. The molecular weight excluding hydrogens is 238 g/mol. The second-order valence-corrected chi connectivity index (χ2v) is 5.77. The molecule has 3 heteroatoms. The maximum Gasteiger partial charge on any atom is 0.134 e. The predicted octanol–water partition coefficient (Wildman–Crippen LogP) is 3.31. The predicted molar refractivity (Wildman–Crippen MR) is 76.2 cm³/mol. The van der Waals surface area contributed by atoms with Crippen molar-refractivity contribution in [1.29, 1.82) is 0 Å². The third-order valence-corrected chi connectivity index (χ3v) is 4.30. The van der Waals surface area contributed by atoms with Crippen molar-refractivity contribution in [2.24, 2.45) is 0 Å². The van der Waals surface area contributed by atoms with E-state index < -0.39 is 5.60 Å². The second kappa shape index (κ2) is 4.66. The van der Waals surface area contributed by atoms with Gasteiger partial charge in [-0.05, 0) is 44.7 Å². The summed E-state index contributed by atoms with van der Waals surface area (Å²) in [7, 11) is 0. The van der Waals surface area contributed by atoms with Gasteiger partial charge in [0.1, 0.15) is 11.3 Å². The fourth-order valence-electron chi connectivity index (χ4n) is 2.80. The van der Waals surface area contributed by atoms with Gasteiger partial charge in [-0.25, -0.2) is 0 Å². The van der Waals surface area contributed by atoms with Crippen LogP contribution in [-0.4, -0.2) is 17.3 Å². The van der Waals surface area contributed by atoms with Crippen LogP contribution in [-0.2, 0) is 0 Å². The molecule has 1 unspecified atom stereocenters. The Labute approximate surface area is 113 Å². The Hall–Kier alpha value is -1.32. The molecule has 1 fully saturated rings. The zero-order chi connectivity index (χ0) is 13.5. The molecule has 2 aromatic rings. The van der Waals surface area contributed by atoms with Crippen LogP contribution in [0.5, 0.6) is 0 Å². The van der Waals surface area contributed by atoms with Gasteiger partial charge in [0, 0.05) is 11.9 Å². The highest BCUT2D eigenvalue weighted by atomic mass is 16.3. The molecule has 1 aliphatic carbocycles. The third-order valence-electron chi connectivity index (χ3n) is 4.30. The zero-order valence-electron chi connectivity index (χ0n) is 11.6. The monoisotopic (exact) mass is 259 g/mol. The van der Waals surface area contributed by atoms with Crippen molar-refractivity contribution < 1.29 is 9.52 Å². The van der Waals surface area contributed by atoms with E-state index in [1.54, 1.807) is 0 Å². The number of hydrogen-bond acceptors (Lipinski definition) is 3. The van der Waals surface area contributed by atoms with Crippen LogP contribution in [0, 0.1) is 6.92 Å². The molecule has 3 rings (SSSR count). The van der Waals surface area contributed by atoms with Crippen molar-refractivity contribution in [2.45, 2.75) is 44.8 Å². The number of fused-ring (bicyclic) bond motifs is 1. The smallest absolute Gasteiger partial charge is 0.134 e. The Morgan fingerprint density at radius 2 is 2.11 bits per heavy atom. The molecule has 0 spiro atoms. The number of aliphatic hydroxyl groups is 1. The molecule has 0 radical (unpaired) electrons. The van der Waals surface area contributed by atoms with Crippen molar-refractivity contribution in [3.63, 3.8) is 0 Å². The van der Waals surface area contributed by atoms with Crippen LogP contribution in [0.4, 0.5) is 0 Å². The van der Waals surface area contributed by atoms with Gasteiger partial charge in [0.05, 0.1) is 11.6 Å². The lowest BCUT2D eigenvalue weighted by Gasteiger charge is -2.37. The fraction of sp³-hybridized carbons (Fsp3) is 0.500. The zero-order valence-corrected chi connectivity index (χ0v) is 11.6. The van der Waals surface area contributed by atoms with E-state index in [0.717, 1.165) is 30.6 Å². The van der Waals surface area contributed by atoms with Gasteiger partial charge in [0.25, 0.3) is 0 Å². The summed E-state index contributed by atoms with van der Waals surface area (Å²) in [6.07, 6.45) is 2.95. The van der Waals surface area contributed by atoms with Crippen molar-refractivity contribution >= 4 is 11.0 Å². The highest BCUT2D eigenvalue weighted by molar-refractivity contribution is 5.82. The number of aryl methyl sites for hydroxylation is 1. The van der Waals surface area contributed by atoms with Crippen molar-refractivity contribution in [1.82, 2.24) is 5.32 Å². The Morgan fingerprint density at radius 1 is 1.37 bits per heavy atom. The summed E-state index contributed by atoms with van der Waals surface area (Å²) >= 11 is 0. The molecule has 2 N–H and O–H groups in total. The lowest BCUT2D eigenvalue weighted by atomic mass is 9.80. The summed E-state index contributed by atoms with van der Waals surface area (Å²) in [5.74, 6) is 0.976. The molecule has 19 heavy (non-hydrogen) atoms. The molecular formula is C16H21NO2. The molecule has 1 heterocycles. The maximum atomic E-state index is 10.1. The number of furan rings is 1. The largest absolute Gasteiger partial charge is 0.459 e. The first-order valence-corrected chi connectivity index (χ1v) is 7.03. The summed E-state index contributed by atoms with van der Waals surface area (Å²) < 4.78 is 5.93. The van der Waals surface area contributed by atoms with Gasteiger partial charge in [-0.15, -0.1) is 0 Å². The number of benzene rings is 1. The van der Waals surface area contributed by atoms with Crippen LogP contribution in [0.1, 0.15) is 43.6 Å². The minimum atomic E-state index is -0.492. The molecule has 0 aliphatic heterocycles.